The molecular weight excluding hydrogens is 204 g/mol. The van der Waals surface area contributed by atoms with Crippen molar-refractivity contribution in [2.45, 2.75) is 32.7 Å². The standard InChI is InChI=1S/C12H24N2O2/c1-6-10(11(15)16)7-8-13-9-12(2,3)14(4)5/h7,13H,6,8-9H2,1-5H3,(H,15,16). The minimum absolute atomic E-state index is 0.0729. The van der Waals surface area contributed by atoms with Crippen molar-refractivity contribution in [3.05, 3.63) is 11.6 Å². The maximum atomic E-state index is 10.7. The molecule has 0 saturated carbocycles. The number of nitrogens with zero attached hydrogens (tertiary/aromatic N) is 1. The third kappa shape index (κ3) is 5.28. The number of aliphatic carboxylic acids is 1. The highest BCUT2D eigenvalue weighted by Crippen LogP contribution is 2.07. The molecule has 0 heterocycles. The van der Waals surface area contributed by atoms with E-state index in [2.05, 4.69) is 24.1 Å². The van der Waals surface area contributed by atoms with Crippen molar-refractivity contribution in [3.63, 3.8) is 0 Å². The first-order valence-corrected chi connectivity index (χ1v) is 5.61. The summed E-state index contributed by atoms with van der Waals surface area (Å²) in [4.78, 5) is 12.9. The SMILES string of the molecule is CCC(=CCNCC(C)(C)N(C)C)C(=O)O. The smallest absolute Gasteiger partial charge is 0.331 e. The second-order valence-electron chi connectivity index (χ2n) is 4.73. The molecule has 0 saturated heterocycles. The van der Waals surface area contributed by atoms with E-state index < -0.39 is 5.97 Å². The van der Waals surface area contributed by atoms with Crippen molar-refractivity contribution in [3.8, 4) is 0 Å². The highest BCUT2D eigenvalue weighted by atomic mass is 16.4. The van der Waals surface area contributed by atoms with Gasteiger partial charge in [0.2, 0.25) is 0 Å². The number of hydrogen-bond acceptors (Lipinski definition) is 3. The van der Waals surface area contributed by atoms with Crippen LogP contribution in [-0.4, -0.2) is 48.7 Å². The van der Waals surface area contributed by atoms with Crippen LogP contribution in [0.5, 0.6) is 0 Å². The lowest BCUT2D eigenvalue weighted by Gasteiger charge is -2.32. The van der Waals surface area contributed by atoms with Crippen LogP contribution in [0.3, 0.4) is 0 Å². The van der Waals surface area contributed by atoms with Gasteiger partial charge in [-0.25, -0.2) is 4.79 Å². The lowest BCUT2D eigenvalue weighted by molar-refractivity contribution is -0.132. The average Bonchev–Trinajstić information content (AvgIpc) is 2.16. The molecule has 0 atom stereocenters. The predicted octanol–water partition coefficient (Wildman–Crippen LogP) is 1.34. The van der Waals surface area contributed by atoms with E-state index >= 15 is 0 Å². The molecular formula is C12H24N2O2. The zero-order valence-electron chi connectivity index (χ0n) is 11.0. The summed E-state index contributed by atoms with van der Waals surface area (Å²) in [7, 11) is 4.07. The Morgan fingerprint density at radius 1 is 1.44 bits per heavy atom. The van der Waals surface area contributed by atoms with Crippen LogP contribution in [0.2, 0.25) is 0 Å². The summed E-state index contributed by atoms with van der Waals surface area (Å²) in [6.45, 7) is 7.56. The molecule has 0 unspecified atom stereocenters. The lowest BCUT2D eigenvalue weighted by atomic mass is 10.0. The summed E-state index contributed by atoms with van der Waals surface area (Å²) < 4.78 is 0. The second-order valence-corrected chi connectivity index (χ2v) is 4.73. The van der Waals surface area contributed by atoms with Gasteiger partial charge in [0.25, 0.3) is 0 Å². The zero-order chi connectivity index (χ0) is 12.8. The van der Waals surface area contributed by atoms with Crippen LogP contribution in [0.15, 0.2) is 11.6 Å². The van der Waals surface area contributed by atoms with Crippen molar-refractivity contribution in [2.75, 3.05) is 27.2 Å². The predicted molar refractivity (Wildman–Crippen MR) is 66.6 cm³/mol. The van der Waals surface area contributed by atoms with Crippen molar-refractivity contribution < 1.29 is 9.90 Å². The van der Waals surface area contributed by atoms with E-state index in [0.29, 0.717) is 18.5 Å². The van der Waals surface area contributed by atoms with Gasteiger partial charge in [-0.1, -0.05) is 13.0 Å². The molecule has 16 heavy (non-hydrogen) atoms. The number of nitrogens with one attached hydrogen (secondary N) is 1. The van der Waals surface area contributed by atoms with Gasteiger partial charge in [-0.05, 0) is 34.4 Å². The monoisotopic (exact) mass is 228 g/mol. The first kappa shape index (κ1) is 15.1. The summed E-state index contributed by atoms with van der Waals surface area (Å²) in [5, 5.41) is 12.1. The Kier molecular flexibility index (Phi) is 6.29. The first-order chi connectivity index (χ1) is 7.31. The van der Waals surface area contributed by atoms with E-state index in [9.17, 15) is 4.79 Å². The minimum atomic E-state index is -0.823. The summed E-state index contributed by atoms with van der Waals surface area (Å²) in [5.41, 5.74) is 0.541. The number of likely N-dealkylation sites (N-methyl/N-ethyl adjacent to an activating group) is 1. The molecule has 0 rings (SSSR count). The Bertz CT molecular complexity index is 258. The molecule has 94 valence electrons. The van der Waals surface area contributed by atoms with Gasteiger partial charge in [0, 0.05) is 24.2 Å². The highest BCUT2D eigenvalue weighted by molar-refractivity contribution is 5.86. The van der Waals surface area contributed by atoms with Crippen LogP contribution in [0, 0.1) is 0 Å². The van der Waals surface area contributed by atoms with Crippen molar-refractivity contribution in [2.24, 2.45) is 0 Å². The quantitative estimate of drug-likeness (QED) is 0.510. The Morgan fingerprint density at radius 3 is 2.38 bits per heavy atom. The maximum absolute atomic E-state index is 10.7. The molecule has 0 aromatic carbocycles. The summed E-state index contributed by atoms with van der Waals surface area (Å²) in [5.74, 6) is -0.823. The summed E-state index contributed by atoms with van der Waals surface area (Å²) in [6, 6.07) is 0. The normalized spacial score (nSPS) is 13.2. The van der Waals surface area contributed by atoms with E-state index in [1.807, 2.05) is 21.0 Å². The fourth-order valence-electron chi connectivity index (χ4n) is 1.11. The Labute approximate surface area is 98.3 Å². The van der Waals surface area contributed by atoms with Crippen LogP contribution in [0.4, 0.5) is 0 Å². The molecule has 0 aliphatic rings. The molecule has 0 aliphatic heterocycles. The minimum Gasteiger partial charge on any atom is -0.478 e. The molecule has 4 heteroatoms. The van der Waals surface area contributed by atoms with Gasteiger partial charge in [-0.15, -0.1) is 0 Å². The molecule has 0 aromatic heterocycles. The highest BCUT2D eigenvalue weighted by Gasteiger charge is 2.19. The molecule has 0 radical (unpaired) electrons. The van der Waals surface area contributed by atoms with E-state index in [1.54, 1.807) is 6.08 Å². The molecule has 2 N–H and O–H groups in total. The van der Waals surface area contributed by atoms with E-state index in [4.69, 9.17) is 5.11 Å². The van der Waals surface area contributed by atoms with Crippen LogP contribution in [0.1, 0.15) is 27.2 Å². The maximum Gasteiger partial charge on any atom is 0.331 e. The van der Waals surface area contributed by atoms with Gasteiger partial charge in [0.1, 0.15) is 0 Å². The average molecular weight is 228 g/mol. The van der Waals surface area contributed by atoms with E-state index in [0.717, 1.165) is 6.54 Å². The number of hydrogen-bond donors (Lipinski definition) is 2. The third-order valence-electron chi connectivity index (χ3n) is 2.92. The Balaban J connectivity index is 4.04. The summed E-state index contributed by atoms with van der Waals surface area (Å²) >= 11 is 0. The fourth-order valence-corrected chi connectivity index (χ4v) is 1.11. The van der Waals surface area contributed by atoms with Gasteiger partial charge >= 0.3 is 5.97 Å². The Morgan fingerprint density at radius 2 is 2.00 bits per heavy atom. The van der Waals surface area contributed by atoms with Crippen LogP contribution in [0.25, 0.3) is 0 Å². The third-order valence-corrected chi connectivity index (χ3v) is 2.92. The largest absolute Gasteiger partial charge is 0.478 e. The van der Waals surface area contributed by atoms with Crippen LogP contribution in [-0.2, 0) is 4.79 Å². The molecule has 4 nitrogen and oxygen atoms in total. The van der Waals surface area contributed by atoms with E-state index in [1.165, 1.54) is 0 Å². The first-order valence-electron chi connectivity index (χ1n) is 5.61. The molecule has 0 spiro atoms. The second kappa shape index (κ2) is 6.66. The van der Waals surface area contributed by atoms with Gasteiger partial charge in [-0.3, -0.25) is 0 Å². The number of carboxylic acid groups (broad SMARTS) is 1. The van der Waals surface area contributed by atoms with Crippen LogP contribution < -0.4 is 5.32 Å². The number of rotatable bonds is 7. The van der Waals surface area contributed by atoms with Gasteiger partial charge < -0.3 is 15.3 Å². The summed E-state index contributed by atoms with van der Waals surface area (Å²) in [6.07, 6.45) is 2.31. The van der Waals surface area contributed by atoms with Gasteiger partial charge in [0.05, 0.1) is 0 Å². The van der Waals surface area contributed by atoms with Crippen molar-refractivity contribution in [1.82, 2.24) is 10.2 Å². The Hall–Kier alpha value is -0.870. The van der Waals surface area contributed by atoms with Crippen molar-refractivity contribution in [1.29, 1.82) is 0 Å². The molecule has 0 fully saturated rings. The van der Waals surface area contributed by atoms with Gasteiger partial charge in [0.15, 0.2) is 0 Å². The van der Waals surface area contributed by atoms with Crippen LogP contribution >= 0.6 is 0 Å². The molecule has 0 bridgehead atoms. The van der Waals surface area contributed by atoms with Gasteiger partial charge in [-0.2, -0.15) is 0 Å². The molecule has 0 aliphatic carbocycles. The van der Waals surface area contributed by atoms with Crippen molar-refractivity contribution >= 4 is 5.97 Å². The topological polar surface area (TPSA) is 52.6 Å². The fraction of sp³-hybridized carbons (Fsp3) is 0.750. The molecule has 0 aromatic rings. The lowest BCUT2D eigenvalue weighted by Crippen LogP contribution is -2.46. The number of carbonyl (C=O) groups is 1. The van der Waals surface area contributed by atoms with E-state index in [-0.39, 0.29) is 5.54 Å². The zero-order valence-corrected chi connectivity index (χ0v) is 11.0. The number of carboxylic acids is 1. The molecule has 0 amide bonds.